The molecule has 0 radical (unpaired) electrons. The van der Waals surface area contributed by atoms with Gasteiger partial charge in [0.05, 0.1) is 5.54 Å². The molecule has 0 heterocycles. The van der Waals surface area contributed by atoms with Crippen molar-refractivity contribution in [1.82, 2.24) is 10.6 Å². The molecular weight excluding hydrogens is 358 g/mol. The van der Waals surface area contributed by atoms with E-state index in [0.717, 1.165) is 42.7 Å². The number of hydrogen-bond donors (Lipinski definition) is 2. The predicted octanol–water partition coefficient (Wildman–Crippen LogP) is 4.22. The number of fused-ring (bicyclic) bond motifs is 1. The van der Waals surface area contributed by atoms with Gasteiger partial charge < -0.3 is 15.5 Å². The van der Waals surface area contributed by atoms with Gasteiger partial charge in [-0.15, -0.1) is 0 Å². The first-order valence-corrected chi connectivity index (χ1v) is 10.3. The second kappa shape index (κ2) is 7.88. The Hall–Kier alpha value is -2.85. The number of hydrogen-bond acceptors (Lipinski definition) is 3. The van der Waals surface area contributed by atoms with Crippen LogP contribution in [-0.4, -0.2) is 33.1 Å². The maximum atomic E-state index is 13.3. The molecular formula is C25H29N3O. The minimum atomic E-state index is -0.252. The maximum absolute atomic E-state index is 13.3. The summed E-state index contributed by atoms with van der Waals surface area (Å²) in [4.78, 5) is 15.4. The molecule has 4 rings (SSSR count). The van der Waals surface area contributed by atoms with Crippen LogP contribution < -0.4 is 15.5 Å². The van der Waals surface area contributed by atoms with Crippen molar-refractivity contribution in [3.8, 4) is 0 Å². The first-order valence-electron chi connectivity index (χ1n) is 10.3. The van der Waals surface area contributed by atoms with E-state index in [1.165, 1.54) is 16.3 Å². The Balaban J connectivity index is 1.61. The van der Waals surface area contributed by atoms with Crippen molar-refractivity contribution in [1.29, 1.82) is 0 Å². The highest BCUT2D eigenvalue weighted by atomic mass is 16.1. The average molecular weight is 388 g/mol. The highest BCUT2D eigenvalue weighted by molar-refractivity contribution is 5.98. The van der Waals surface area contributed by atoms with Gasteiger partial charge in [-0.25, -0.2) is 0 Å². The van der Waals surface area contributed by atoms with Crippen LogP contribution in [0.15, 0.2) is 60.7 Å². The second-order valence-corrected chi connectivity index (χ2v) is 8.09. The number of rotatable bonds is 7. The summed E-state index contributed by atoms with van der Waals surface area (Å²) < 4.78 is 0. The van der Waals surface area contributed by atoms with Crippen molar-refractivity contribution in [3.05, 3.63) is 77.4 Å². The topological polar surface area (TPSA) is 44.4 Å². The van der Waals surface area contributed by atoms with Crippen molar-refractivity contribution in [2.45, 2.75) is 25.3 Å². The van der Waals surface area contributed by atoms with Gasteiger partial charge in [0.15, 0.2) is 0 Å². The number of amides is 1. The zero-order valence-corrected chi connectivity index (χ0v) is 17.5. The van der Waals surface area contributed by atoms with Gasteiger partial charge in [-0.1, -0.05) is 48.5 Å². The smallest absolute Gasteiger partial charge is 0.252 e. The molecule has 3 aromatic rings. The van der Waals surface area contributed by atoms with E-state index in [0.29, 0.717) is 0 Å². The molecule has 3 aromatic carbocycles. The average Bonchev–Trinajstić information content (AvgIpc) is 3.52. The molecule has 4 heteroatoms. The van der Waals surface area contributed by atoms with Gasteiger partial charge in [0, 0.05) is 31.4 Å². The largest absolute Gasteiger partial charge is 0.373 e. The van der Waals surface area contributed by atoms with E-state index in [1.807, 2.05) is 26.1 Å². The van der Waals surface area contributed by atoms with Gasteiger partial charge in [0.25, 0.3) is 5.91 Å². The molecule has 4 nitrogen and oxygen atoms in total. The Kier molecular flexibility index (Phi) is 5.29. The summed E-state index contributed by atoms with van der Waals surface area (Å²) >= 11 is 0. The lowest BCUT2D eigenvalue weighted by Gasteiger charge is -2.23. The quantitative estimate of drug-likeness (QED) is 0.638. The fourth-order valence-electron chi connectivity index (χ4n) is 4.01. The second-order valence-electron chi connectivity index (χ2n) is 8.09. The summed E-state index contributed by atoms with van der Waals surface area (Å²) in [5, 5.41) is 8.99. The number of carbonyl (C=O) groups excluding carboxylic acids is 1. The fraction of sp³-hybridized carbons (Fsp3) is 0.320. The molecule has 2 N–H and O–H groups in total. The van der Waals surface area contributed by atoms with Crippen LogP contribution in [0, 0.1) is 6.92 Å². The van der Waals surface area contributed by atoms with Gasteiger partial charge in [-0.2, -0.15) is 0 Å². The standard InChI is InChI=1S/C25H29N3O/c1-18-11-12-20(28(3)16-15-26-2)17-22(18)24(29)27-25(13-14-25)23-10-6-8-19-7-4-5-9-21(19)23/h4-12,17,26H,13-16H2,1-3H3,(H,27,29). The van der Waals surface area contributed by atoms with Crippen molar-refractivity contribution in [2.75, 3.05) is 32.1 Å². The van der Waals surface area contributed by atoms with Crippen molar-refractivity contribution >= 4 is 22.4 Å². The lowest BCUT2D eigenvalue weighted by atomic mass is 9.96. The van der Waals surface area contributed by atoms with E-state index in [-0.39, 0.29) is 11.4 Å². The van der Waals surface area contributed by atoms with Crippen LogP contribution in [-0.2, 0) is 5.54 Å². The van der Waals surface area contributed by atoms with E-state index in [1.54, 1.807) is 0 Å². The molecule has 0 saturated heterocycles. The van der Waals surface area contributed by atoms with Gasteiger partial charge in [-0.3, -0.25) is 4.79 Å². The van der Waals surface area contributed by atoms with Gasteiger partial charge in [0.1, 0.15) is 0 Å². The van der Waals surface area contributed by atoms with Gasteiger partial charge in [0.2, 0.25) is 0 Å². The van der Waals surface area contributed by atoms with Crippen molar-refractivity contribution < 1.29 is 4.79 Å². The number of aryl methyl sites for hydroxylation is 1. The molecule has 0 atom stereocenters. The normalized spacial score (nSPS) is 14.6. The molecule has 29 heavy (non-hydrogen) atoms. The number of carbonyl (C=O) groups is 1. The lowest BCUT2D eigenvalue weighted by molar-refractivity contribution is 0.0930. The van der Waals surface area contributed by atoms with E-state index in [2.05, 4.69) is 71.1 Å². The predicted molar refractivity (Wildman–Crippen MR) is 121 cm³/mol. The van der Waals surface area contributed by atoms with Crippen LogP contribution in [0.2, 0.25) is 0 Å². The zero-order valence-electron chi connectivity index (χ0n) is 17.5. The Morgan fingerprint density at radius 2 is 1.83 bits per heavy atom. The molecule has 1 fully saturated rings. The van der Waals surface area contributed by atoms with Crippen LogP contribution in [0.25, 0.3) is 10.8 Å². The highest BCUT2D eigenvalue weighted by Gasteiger charge is 2.46. The summed E-state index contributed by atoms with van der Waals surface area (Å²) in [7, 11) is 4.01. The van der Waals surface area contributed by atoms with E-state index in [4.69, 9.17) is 0 Å². The summed E-state index contributed by atoms with van der Waals surface area (Å²) in [6.07, 6.45) is 1.96. The van der Waals surface area contributed by atoms with Gasteiger partial charge >= 0.3 is 0 Å². The van der Waals surface area contributed by atoms with Crippen LogP contribution in [0.5, 0.6) is 0 Å². The van der Waals surface area contributed by atoms with Crippen LogP contribution in [0.1, 0.15) is 34.3 Å². The molecule has 0 bridgehead atoms. The summed E-state index contributed by atoms with van der Waals surface area (Å²) in [5.41, 5.74) is 3.79. The summed E-state index contributed by atoms with van der Waals surface area (Å²) in [6, 6.07) is 20.9. The Labute approximate surface area is 172 Å². The highest BCUT2D eigenvalue weighted by Crippen LogP contribution is 2.48. The van der Waals surface area contributed by atoms with Crippen molar-refractivity contribution in [2.24, 2.45) is 0 Å². The third kappa shape index (κ3) is 3.85. The number of nitrogens with zero attached hydrogens (tertiary/aromatic N) is 1. The molecule has 1 saturated carbocycles. The first-order chi connectivity index (χ1) is 14.0. The fourth-order valence-corrected chi connectivity index (χ4v) is 4.01. The Morgan fingerprint density at radius 3 is 2.59 bits per heavy atom. The molecule has 0 spiro atoms. The SMILES string of the molecule is CNCCN(C)c1ccc(C)c(C(=O)NC2(c3cccc4ccccc34)CC2)c1. The molecule has 150 valence electrons. The Morgan fingerprint density at radius 1 is 1.07 bits per heavy atom. The number of likely N-dealkylation sites (N-methyl/N-ethyl adjacent to an activating group) is 2. The number of nitrogens with one attached hydrogen (secondary N) is 2. The minimum absolute atomic E-state index is 0.0109. The minimum Gasteiger partial charge on any atom is -0.373 e. The molecule has 0 aromatic heterocycles. The lowest BCUT2D eigenvalue weighted by Crippen LogP contribution is -2.35. The van der Waals surface area contributed by atoms with Crippen LogP contribution in [0.4, 0.5) is 5.69 Å². The molecule has 0 unspecified atom stereocenters. The maximum Gasteiger partial charge on any atom is 0.252 e. The number of anilines is 1. The summed E-state index contributed by atoms with van der Waals surface area (Å²) in [6.45, 7) is 3.79. The van der Waals surface area contributed by atoms with Crippen LogP contribution >= 0.6 is 0 Å². The Bertz CT molecular complexity index is 1030. The number of benzene rings is 3. The molecule has 0 aliphatic heterocycles. The monoisotopic (exact) mass is 387 g/mol. The van der Waals surface area contributed by atoms with E-state index < -0.39 is 0 Å². The first kappa shape index (κ1) is 19.5. The molecule has 1 aliphatic carbocycles. The summed E-state index contributed by atoms with van der Waals surface area (Å²) in [5.74, 6) is 0.0109. The molecule has 1 aliphatic rings. The van der Waals surface area contributed by atoms with Crippen LogP contribution in [0.3, 0.4) is 0 Å². The zero-order chi connectivity index (χ0) is 20.4. The van der Waals surface area contributed by atoms with E-state index >= 15 is 0 Å². The third-order valence-electron chi connectivity index (χ3n) is 6.01. The van der Waals surface area contributed by atoms with E-state index in [9.17, 15) is 4.79 Å². The third-order valence-corrected chi connectivity index (χ3v) is 6.01. The van der Waals surface area contributed by atoms with Gasteiger partial charge in [-0.05, 0) is 60.8 Å². The molecule has 1 amide bonds. The van der Waals surface area contributed by atoms with Crippen molar-refractivity contribution in [3.63, 3.8) is 0 Å².